The van der Waals surface area contributed by atoms with Crippen molar-refractivity contribution in [2.24, 2.45) is 0 Å². The Labute approximate surface area is 115 Å². The van der Waals surface area contributed by atoms with Gasteiger partial charge in [-0.3, -0.25) is 0 Å². The number of halogens is 1. The zero-order valence-electron chi connectivity index (χ0n) is 10.2. The summed E-state index contributed by atoms with van der Waals surface area (Å²) in [6, 6.07) is 7.50. The van der Waals surface area contributed by atoms with Crippen LogP contribution in [0.25, 0.3) is 0 Å². The zero-order valence-corrected chi connectivity index (χ0v) is 11.0. The van der Waals surface area contributed by atoms with Crippen molar-refractivity contribution >= 4 is 23.5 Å². The topological polar surface area (TPSA) is 66.3 Å². The fourth-order valence-corrected chi connectivity index (χ4v) is 1.82. The number of aromatic carboxylic acids is 1. The maximum absolute atomic E-state index is 10.7. The third-order valence-electron chi connectivity index (χ3n) is 2.54. The Morgan fingerprint density at radius 3 is 2.63 bits per heavy atom. The molecule has 1 N–H and O–H groups in total. The molecule has 0 bridgehead atoms. The lowest BCUT2D eigenvalue weighted by molar-refractivity contribution is 0.0696. The molecule has 0 aliphatic rings. The summed E-state index contributed by atoms with van der Waals surface area (Å²) in [7, 11) is 1.83. The summed E-state index contributed by atoms with van der Waals surface area (Å²) in [4.78, 5) is 20.6. The Balaban J connectivity index is 2.11. The minimum Gasteiger partial charge on any atom is -0.478 e. The molecule has 0 aliphatic carbocycles. The van der Waals surface area contributed by atoms with Gasteiger partial charge in [0.25, 0.3) is 0 Å². The highest BCUT2D eigenvalue weighted by molar-refractivity contribution is 6.30. The van der Waals surface area contributed by atoms with Crippen LogP contribution in [-0.2, 0) is 6.54 Å². The van der Waals surface area contributed by atoms with E-state index in [2.05, 4.69) is 9.97 Å². The third-order valence-corrected chi connectivity index (χ3v) is 2.77. The SMILES string of the molecule is CN(Cc1cccc(Cl)c1)c1ncc(C(=O)O)cn1. The molecule has 0 amide bonds. The molecular formula is C13H12ClN3O2. The Morgan fingerprint density at radius 1 is 1.37 bits per heavy atom. The lowest BCUT2D eigenvalue weighted by Crippen LogP contribution is -2.19. The van der Waals surface area contributed by atoms with Gasteiger partial charge < -0.3 is 10.0 Å². The first-order valence-electron chi connectivity index (χ1n) is 5.57. The first-order chi connectivity index (χ1) is 9.06. The van der Waals surface area contributed by atoms with E-state index in [0.717, 1.165) is 5.56 Å². The number of benzene rings is 1. The largest absolute Gasteiger partial charge is 0.478 e. The molecule has 5 nitrogen and oxygen atoms in total. The standard InChI is InChI=1S/C13H12ClN3O2/c1-17(8-9-3-2-4-11(14)5-9)13-15-6-10(7-16-13)12(18)19/h2-7H,8H2,1H3,(H,18,19). The van der Waals surface area contributed by atoms with Crippen molar-refractivity contribution < 1.29 is 9.90 Å². The van der Waals surface area contributed by atoms with Crippen LogP contribution >= 0.6 is 11.6 Å². The van der Waals surface area contributed by atoms with Crippen molar-refractivity contribution in [3.05, 3.63) is 52.8 Å². The first kappa shape index (κ1) is 13.3. The van der Waals surface area contributed by atoms with Crippen LogP contribution < -0.4 is 4.90 Å². The summed E-state index contributed by atoms with van der Waals surface area (Å²) in [5, 5.41) is 9.45. The molecule has 1 heterocycles. The molecule has 0 aliphatic heterocycles. The second-order valence-corrected chi connectivity index (χ2v) is 4.50. The van der Waals surface area contributed by atoms with E-state index in [9.17, 15) is 4.79 Å². The molecule has 0 unspecified atom stereocenters. The van der Waals surface area contributed by atoms with Gasteiger partial charge in [0.05, 0.1) is 5.56 Å². The Kier molecular flexibility index (Phi) is 3.97. The molecule has 1 aromatic heterocycles. The lowest BCUT2D eigenvalue weighted by Gasteiger charge is -2.16. The molecule has 0 saturated carbocycles. The van der Waals surface area contributed by atoms with Crippen molar-refractivity contribution in [1.82, 2.24) is 9.97 Å². The number of carbonyl (C=O) groups is 1. The second-order valence-electron chi connectivity index (χ2n) is 4.06. The van der Waals surface area contributed by atoms with Crippen molar-refractivity contribution in [3.63, 3.8) is 0 Å². The number of rotatable bonds is 4. The minimum absolute atomic E-state index is 0.0694. The molecule has 0 fully saturated rings. The fourth-order valence-electron chi connectivity index (χ4n) is 1.61. The van der Waals surface area contributed by atoms with E-state index in [1.54, 1.807) is 0 Å². The maximum Gasteiger partial charge on any atom is 0.338 e. The van der Waals surface area contributed by atoms with Gasteiger partial charge in [0, 0.05) is 31.0 Å². The van der Waals surface area contributed by atoms with Crippen LogP contribution in [-0.4, -0.2) is 28.1 Å². The van der Waals surface area contributed by atoms with E-state index in [0.29, 0.717) is 17.5 Å². The van der Waals surface area contributed by atoms with Crippen LogP contribution in [0.3, 0.4) is 0 Å². The number of hydrogen-bond acceptors (Lipinski definition) is 4. The van der Waals surface area contributed by atoms with Gasteiger partial charge in [-0.05, 0) is 17.7 Å². The summed E-state index contributed by atoms with van der Waals surface area (Å²) in [6.07, 6.45) is 2.58. The van der Waals surface area contributed by atoms with Crippen LogP contribution in [0.2, 0.25) is 5.02 Å². The van der Waals surface area contributed by atoms with Crippen LogP contribution in [0.5, 0.6) is 0 Å². The van der Waals surface area contributed by atoms with Gasteiger partial charge in [-0.2, -0.15) is 0 Å². The molecule has 0 spiro atoms. The molecule has 1 aromatic carbocycles. The molecule has 0 saturated heterocycles. The zero-order chi connectivity index (χ0) is 13.8. The van der Waals surface area contributed by atoms with Gasteiger partial charge in [0.2, 0.25) is 5.95 Å². The van der Waals surface area contributed by atoms with E-state index in [-0.39, 0.29) is 5.56 Å². The monoisotopic (exact) mass is 277 g/mol. The predicted molar refractivity (Wildman–Crippen MR) is 72.6 cm³/mol. The number of carboxylic acids is 1. The van der Waals surface area contributed by atoms with E-state index < -0.39 is 5.97 Å². The van der Waals surface area contributed by atoms with Crippen LogP contribution in [0.1, 0.15) is 15.9 Å². The molecule has 2 rings (SSSR count). The fraction of sp³-hybridized carbons (Fsp3) is 0.154. The molecule has 6 heteroatoms. The Hall–Kier alpha value is -2.14. The number of carboxylic acid groups (broad SMARTS) is 1. The highest BCUT2D eigenvalue weighted by Crippen LogP contribution is 2.14. The number of nitrogens with zero attached hydrogens (tertiary/aromatic N) is 3. The molecule has 2 aromatic rings. The Morgan fingerprint density at radius 2 is 2.05 bits per heavy atom. The van der Waals surface area contributed by atoms with Gasteiger partial charge >= 0.3 is 5.97 Å². The molecule has 19 heavy (non-hydrogen) atoms. The molecule has 0 atom stereocenters. The van der Waals surface area contributed by atoms with Gasteiger partial charge in [-0.25, -0.2) is 14.8 Å². The quantitative estimate of drug-likeness (QED) is 0.930. The van der Waals surface area contributed by atoms with Crippen LogP contribution in [0.4, 0.5) is 5.95 Å². The third kappa shape index (κ3) is 3.42. The predicted octanol–water partition coefficient (Wildman–Crippen LogP) is 2.46. The lowest BCUT2D eigenvalue weighted by atomic mass is 10.2. The van der Waals surface area contributed by atoms with Gasteiger partial charge in [-0.15, -0.1) is 0 Å². The molecule has 98 valence electrons. The number of aromatic nitrogens is 2. The van der Waals surface area contributed by atoms with Gasteiger partial charge in [0.15, 0.2) is 0 Å². The first-order valence-corrected chi connectivity index (χ1v) is 5.95. The van der Waals surface area contributed by atoms with E-state index in [1.165, 1.54) is 12.4 Å². The van der Waals surface area contributed by atoms with E-state index >= 15 is 0 Å². The van der Waals surface area contributed by atoms with E-state index in [4.69, 9.17) is 16.7 Å². The highest BCUT2D eigenvalue weighted by atomic mass is 35.5. The number of hydrogen-bond donors (Lipinski definition) is 1. The van der Waals surface area contributed by atoms with Crippen molar-refractivity contribution in [3.8, 4) is 0 Å². The summed E-state index contributed by atoms with van der Waals surface area (Å²) in [5.74, 6) is -0.575. The molecular weight excluding hydrogens is 266 g/mol. The van der Waals surface area contributed by atoms with Crippen molar-refractivity contribution in [2.75, 3.05) is 11.9 Å². The van der Waals surface area contributed by atoms with E-state index in [1.807, 2.05) is 36.2 Å². The Bertz CT molecular complexity index is 587. The maximum atomic E-state index is 10.7. The summed E-state index contributed by atoms with van der Waals surface area (Å²) >= 11 is 5.91. The minimum atomic E-state index is -1.04. The van der Waals surface area contributed by atoms with Gasteiger partial charge in [0.1, 0.15) is 0 Å². The van der Waals surface area contributed by atoms with Crippen LogP contribution in [0, 0.1) is 0 Å². The summed E-state index contributed by atoms with van der Waals surface area (Å²) in [6.45, 7) is 0.590. The van der Waals surface area contributed by atoms with Crippen molar-refractivity contribution in [2.45, 2.75) is 6.54 Å². The average molecular weight is 278 g/mol. The van der Waals surface area contributed by atoms with Crippen LogP contribution in [0.15, 0.2) is 36.7 Å². The highest BCUT2D eigenvalue weighted by Gasteiger charge is 2.08. The average Bonchev–Trinajstić information content (AvgIpc) is 2.39. The second kappa shape index (κ2) is 5.67. The summed E-state index contributed by atoms with van der Waals surface area (Å²) < 4.78 is 0. The van der Waals surface area contributed by atoms with Gasteiger partial charge in [-0.1, -0.05) is 23.7 Å². The summed E-state index contributed by atoms with van der Waals surface area (Å²) in [5.41, 5.74) is 1.10. The molecule has 0 radical (unpaired) electrons. The normalized spacial score (nSPS) is 10.2. The van der Waals surface area contributed by atoms with Crippen molar-refractivity contribution in [1.29, 1.82) is 0 Å². The smallest absolute Gasteiger partial charge is 0.338 e. The number of anilines is 1.